The summed E-state index contributed by atoms with van der Waals surface area (Å²) in [7, 11) is 0. The van der Waals surface area contributed by atoms with Crippen LogP contribution in [0.5, 0.6) is 0 Å². The number of nitrogens with one attached hydrogen (secondary N) is 1. The molecule has 0 fully saturated rings. The Kier molecular flexibility index (Phi) is 2.11. The lowest BCUT2D eigenvalue weighted by atomic mass is 10.2. The second-order valence-corrected chi connectivity index (χ2v) is 4.28. The molecule has 1 aliphatic heterocycles. The van der Waals surface area contributed by atoms with Crippen LogP contribution in [0.1, 0.15) is 17.0 Å². The summed E-state index contributed by atoms with van der Waals surface area (Å²) in [6, 6.07) is 0. The summed E-state index contributed by atoms with van der Waals surface area (Å²) in [5.41, 5.74) is 1.20. The molecule has 60 valence electrons. The maximum atomic E-state index is 5.78. The second-order valence-electron chi connectivity index (χ2n) is 2.62. The zero-order valence-electron chi connectivity index (χ0n) is 6.06. The fourth-order valence-electron chi connectivity index (χ4n) is 1.27. The molecule has 0 amide bonds. The van der Waals surface area contributed by atoms with Crippen LogP contribution in [0.2, 0.25) is 4.47 Å². The van der Waals surface area contributed by atoms with E-state index in [4.69, 9.17) is 11.6 Å². The van der Waals surface area contributed by atoms with Gasteiger partial charge < -0.3 is 5.32 Å². The van der Waals surface area contributed by atoms with Crippen molar-refractivity contribution in [1.29, 1.82) is 0 Å². The van der Waals surface area contributed by atoms with E-state index in [9.17, 15) is 0 Å². The van der Waals surface area contributed by atoms with Gasteiger partial charge in [-0.15, -0.1) is 11.3 Å². The van der Waals surface area contributed by atoms with Crippen molar-refractivity contribution in [3.8, 4) is 0 Å². The van der Waals surface area contributed by atoms with Crippen LogP contribution in [0.3, 0.4) is 0 Å². The lowest BCUT2D eigenvalue weighted by Crippen LogP contribution is -2.11. The van der Waals surface area contributed by atoms with Gasteiger partial charge in [0.25, 0.3) is 0 Å². The van der Waals surface area contributed by atoms with Crippen molar-refractivity contribution in [2.75, 3.05) is 6.54 Å². The molecule has 1 aliphatic rings. The van der Waals surface area contributed by atoms with Crippen LogP contribution < -0.4 is 5.32 Å². The molecule has 0 bridgehead atoms. The standard InChI is InChI=1S/C7H9ClN2S/c8-7-10-5-2-1-3-9-4-6(5)11-7/h9H,1-4H2. The number of hydrogen-bond donors (Lipinski definition) is 1. The van der Waals surface area contributed by atoms with E-state index in [0.29, 0.717) is 4.47 Å². The minimum Gasteiger partial charge on any atom is -0.312 e. The Balaban J connectivity index is 2.32. The first-order valence-electron chi connectivity index (χ1n) is 3.71. The molecule has 0 saturated heterocycles. The summed E-state index contributed by atoms with van der Waals surface area (Å²) in [4.78, 5) is 5.57. The fourth-order valence-corrected chi connectivity index (χ4v) is 2.45. The molecular formula is C7H9ClN2S. The Bertz CT molecular complexity index is 235. The largest absolute Gasteiger partial charge is 0.312 e. The van der Waals surface area contributed by atoms with E-state index in [1.165, 1.54) is 17.0 Å². The van der Waals surface area contributed by atoms with E-state index in [1.807, 2.05) is 0 Å². The molecule has 0 unspecified atom stereocenters. The third-order valence-corrected chi connectivity index (χ3v) is 3.01. The van der Waals surface area contributed by atoms with Gasteiger partial charge in [0, 0.05) is 11.4 Å². The molecule has 4 heteroatoms. The summed E-state index contributed by atoms with van der Waals surface area (Å²) in [6.07, 6.45) is 2.25. The van der Waals surface area contributed by atoms with E-state index in [1.54, 1.807) is 11.3 Å². The molecule has 1 aromatic heterocycles. The molecule has 1 N–H and O–H groups in total. The summed E-state index contributed by atoms with van der Waals surface area (Å²) < 4.78 is 0.679. The molecule has 2 rings (SSSR count). The quantitative estimate of drug-likeness (QED) is 0.672. The van der Waals surface area contributed by atoms with Crippen LogP contribution >= 0.6 is 22.9 Å². The highest BCUT2D eigenvalue weighted by atomic mass is 35.5. The monoisotopic (exact) mass is 188 g/mol. The number of hydrogen-bond acceptors (Lipinski definition) is 3. The summed E-state index contributed by atoms with van der Waals surface area (Å²) in [5.74, 6) is 0. The highest BCUT2D eigenvalue weighted by Crippen LogP contribution is 2.24. The van der Waals surface area contributed by atoms with E-state index < -0.39 is 0 Å². The molecule has 0 saturated carbocycles. The molecule has 1 aromatic rings. The van der Waals surface area contributed by atoms with Gasteiger partial charge in [0.1, 0.15) is 0 Å². The van der Waals surface area contributed by atoms with Crippen LogP contribution in [0.15, 0.2) is 0 Å². The summed E-state index contributed by atoms with van der Waals surface area (Å²) >= 11 is 7.38. The normalized spacial score (nSPS) is 17.5. The molecule has 0 spiro atoms. The van der Waals surface area contributed by atoms with Gasteiger partial charge in [-0.1, -0.05) is 11.6 Å². The van der Waals surface area contributed by atoms with E-state index in [-0.39, 0.29) is 0 Å². The van der Waals surface area contributed by atoms with E-state index >= 15 is 0 Å². The zero-order chi connectivity index (χ0) is 7.68. The minimum atomic E-state index is 0.679. The van der Waals surface area contributed by atoms with E-state index in [0.717, 1.165) is 19.5 Å². The highest BCUT2D eigenvalue weighted by molar-refractivity contribution is 7.15. The molecule has 2 heterocycles. The first-order valence-corrected chi connectivity index (χ1v) is 4.90. The Hall–Kier alpha value is -0.120. The molecule has 11 heavy (non-hydrogen) atoms. The minimum absolute atomic E-state index is 0.679. The molecule has 2 nitrogen and oxygen atoms in total. The topological polar surface area (TPSA) is 24.9 Å². The van der Waals surface area contributed by atoms with Crippen LogP contribution in [0.4, 0.5) is 0 Å². The molecule has 0 atom stereocenters. The van der Waals surface area contributed by atoms with Gasteiger partial charge in [-0.05, 0) is 19.4 Å². The molecular weight excluding hydrogens is 180 g/mol. The summed E-state index contributed by atoms with van der Waals surface area (Å²) in [5, 5.41) is 3.33. The van der Waals surface area contributed by atoms with E-state index in [2.05, 4.69) is 10.3 Å². The maximum Gasteiger partial charge on any atom is 0.184 e. The average Bonchev–Trinajstić information content (AvgIpc) is 2.17. The second kappa shape index (κ2) is 3.09. The Morgan fingerprint density at radius 1 is 1.55 bits per heavy atom. The molecule has 0 aliphatic carbocycles. The van der Waals surface area contributed by atoms with Crippen molar-refractivity contribution in [2.45, 2.75) is 19.4 Å². The number of nitrogens with zero attached hydrogens (tertiary/aromatic N) is 1. The van der Waals surface area contributed by atoms with Gasteiger partial charge >= 0.3 is 0 Å². The maximum absolute atomic E-state index is 5.78. The number of thiazole rings is 1. The van der Waals surface area contributed by atoms with Crippen LogP contribution in [0.25, 0.3) is 0 Å². The number of rotatable bonds is 0. The smallest absolute Gasteiger partial charge is 0.184 e. The van der Waals surface area contributed by atoms with Crippen LogP contribution in [-0.2, 0) is 13.0 Å². The van der Waals surface area contributed by atoms with Gasteiger partial charge in [0.2, 0.25) is 0 Å². The van der Waals surface area contributed by atoms with Crippen molar-refractivity contribution in [3.63, 3.8) is 0 Å². The lowest BCUT2D eigenvalue weighted by Gasteiger charge is -1.93. The first kappa shape index (κ1) is 7.53. The molecule has 0 radical (unpaired) electrons. The van der Waals surface area contributed by atoms with Crippen LogP contribution in [-0.4, -0.2) is 11.5 Å². The SMILES string of the molecule is Clc1nc2c(s1)CNCCC2. The van der Waals surface area contributed by atoms with Gasteiger partial charge in [0.05, 0.1) is 5.69 Å². The van der Waals surface area contributed by atoms with Crippen molar-refractivity contribution in [2.24, 2.45) is 0 Å². The van der Waals surface area contributed by atoms with Gasteiger partial charge in [-0.3, -0.25) is 0 Å². The lowest BCUT2D eigenvalue weighted by molar-refractivity contribution is 0.682. The van der Waals surface area contributed by atoms with Crippen molar-refractivity contribution < 1.29 is 0 Å². The Morgan fingerprint density at radius 3 is 3.36 bits per heavy atom. The number of fused-ring (bicyclic) bond motifs is 1. The number of aromatic nitrogens is 1. The molecule has 0 aromatic carbocycles. The third kappa shape index (κ3) is 1.55. The third-order valence-electron chi connectivity index (χ3n) is 1.80. The predicted octanol–water partition coefficient (Wildman–Crippen LogP) is 1.83. The van der Waals surface area contributed by atoms with Crippen molar-refractivity contribution >= 4 is 22.9 Å². The van der Waals surface area contributed by atoms with Gasteiger partial charge in [-0.25, -0.2) is 4.98 Å². The van der Waals surface area contributed by atoms with Gasteiger partial charge in [0.15, 0.2) is 4.47 Å². The van der Waals surface area contributed by atoms with Gasteiger partial charge in [-0.2, -0.15) is 0 Å². The first-order chi connectivity index (χ1) is 5.36. The Morgan fingerprint density at radius 2 is 2.45 bits per heavy atom. The van der Waals surface area contributed by atoms with Crippen LogP contribution in [0, 0.1) is 0 Å². The zero-order valence-corrected chi connectivity index (χ0v) is 7.63. The predicted molar refractivity (Wildman–Crippen MR) is 47.2 cm³/mol. The number of halogens is 1. The highest BCUT2D eigenvalue weighted by Gasteiger charge is 2.11. The Labute approximate surface area is 74.6 Å². The summed E-state index contributed by atoms with van der Waals surface area (Å²) in [6.45, 7) is 2.04. The van der Waals surface area contributed by atoms with Crippen molar-refractivity contribution in [3.05, 3.63) is 15.0 Å². The average molecular weight is 189 g/mol. The number of aryl methyl sites for hydroxylation is 1. The van der Waals surface area contributed by atoms with Crippen molar-refractivity contribution in [1.82, 2.24) is 10.3 Å². The fraction of sp³-hybridized carbons (Fsp3) is 0.571.